The van der Waals surface area contributed by atoms with Gasteiger partial charge < -0.3 is 9.30 Å². The number of thiazole rings is 1. The minimum atomic E-state index is -0.318. The zero-order valence-corrected chi connectivity index (χ0v) is 13.4. The second-order valence-electron chi connectivity index (χ2n) is 4.77. The fourth-order valence-corrected chi connectivity index (χ4v) is 3.11. The third kappa shape index (κ3) is 3.54. The van der Waals surface area contributed by atoms with Crippen molar-refractivity contribution in [2.24, 2.45) is 10.2 Å². The van der Waals surface area contributed by atoms with E-state index in [1.165, 1.54) is 18.4 Å². The van der Waals surface area contributed by atoms with Crippen LogP contribution in [0, 0.1) is 0 Å². The van der Waals surface area contributed by atoms with E-state index in [0.717, 1.165) is 15.8 Å². The fourth-order valence-electron chi connectivity index (χ4n) is 2.13. The topological polar surface area (TPSA) is 56.0 Å². The third-order valence-corrected chi connectivity index (χ3v) is 4.30. The summed E-state index contributed by atoms with van der Waals surface area (Å²) in [6, 6.07) is 17.6. The van der Waals surface area contributed by atoms with Crippen LogP contribution in [0.2, 0.25) is 0 Å². The van der Waals surface area contributed by atoms with Gasteiger partial charge in [-0.2, -0.15) is 5.10 Å². The van der Waals surface area contributed by atoms with Crippen LogP contribution in [-0.4, -0.2) is 23.9 Å². The van der Waals surface area contributed by atoms with E-state index in [9.17, 15) is 4.79 Å². The van der Waals surface area contributed by atoms with Crippen molar-refractivity contribution in [1.29, 1.82) is 0 Å². The molecule has 0 atom stereocenters. The lowest BCUT2D eigenvalue weighted by atomic mass is 10.2. The van der Waals surface area contributed by atoms with E-state index in [2.05, 4.69) is 10.2 Å². The van der Waals surface area contributed by atoms with E-state index >= 15 is 0 Å². The maximum Gasteiger partial charge on any atom is 0.325 e. The minimum absolute atomic E-state index is 0.111. The molecule has 5 nitrogen and oxygen atoms in total. The van der Waals surface area contributed by atoms with Gasteiger partial charge >= 0.3 is 5.97 Å². The van der Waals surface area contributed by atoms with E-state index in [1.807, 2.05) is 59.2 Å². The zero-order chi connectivity index (χ0) is 16.1. The summed E-state index contributed by atoms with van der Waals surface area (Å²) < 4.78 is 7.63. The van der Waals surface area contributed by atoms with Gasteiger partial charge in [0.1, 0.15) is 6.54 Å². The number of carbonyl (C=O) groups is 1. The van der Waals surface area contributed by atoms with Gasteiger partial charge in [0.25, 0.3) is 0 Å². The highest BCUT2D eigenvalue weighted by Crippen LogP contribution is 2.16. The molecule has 1 aromatic heterocycles. The summed E-state index contributed by atoms with van der Waals surface area (Å²) in [5.41, 5.74) is 1.91. The number of esters is 1. The smallest absolute Gasteiger partial charge is 0.325 e. The van der Waals surface area contributed by atoms with Crippen LogP contribution in [0.15, 0.2) is 64.8 Å². The Hall–Kier alpha value is -2.73. The van der Waals surface area contributed by atoms with Crippen molar-refractivity contribution in [3.05, 3.63) is 65.0 Å². The Morgan fingerprint density at radius 3 is 2.70 bits per heavy atom. The largest absolute Gasteiger partial charge is 0.468 e. The fraction of sp³-hybridized carbons (Fsp3) is 0.118. The molecular weight excluding hydrogens is 310 g/mol. The maximum absolute atomic E-state index is 11.7. The number of nitrogens with zero attached hydrogens (tertiary/aromatic N) is 3. The van der Waals surface area contributed by atoms with Crippen LogP contribution in [-0.2, 0) is 16.1 Å². The second kappa shape index (κ2) is 7.02. The first kappa shape index (κ1) is 15.2. The number of carbonyl (C=O) groups excluding carboxylic acids is 1. The Kier molecular flexibility index (Phi) is 4.63. The lowest BCUT2D eigenvalue weighted by Crippen LogP contribution is -2.20. The van der Waals surface area contributed by atoms with E-state index in [-0.39, 0.29) is 12.5 Å². The van der Waals surface area contributed by atoms with E-state index in [1.54, 1.807) is 6.21 Å². The highest BCUT2D eigenvalue weighted by atomic mass is 32.1. The van der Waals surface area contributed by atoms with E-state index in [0.29, 0.717) is 4.80 Å². The average molecular weight is 325 g/mol. The zero-order valence-electron chi connectivity index (χ0n) is 12.5. The number of hydrogen-bond donors (Lipinski definition) is 0. The van der Waals surface area contributed by atoms with Crippen LogP contribution in [0.1, 0.15) is 5.56 Å². The summed E-state index contributed by atoms with van der Waals surface area (Å²) >= 11 is 1.49. The summed E-state index contributed by atoms with van der Waals surface area (Å²) in [7, 11) is 1.38. The molecule has 0 radical (unpaired) electrons. The summed E-state index contributed by atoms with van der Waals surface area (Å²) in [5, 5.41) is 8.41. The third-order valence-electron chi connectivity index (χ3n) is 3.25. The van der Waals surface area contributed by atoms with Gasteiger partial charge in [0, 0.05) is 0 Å². The Morgan fingerprint density at radius 1 is 1.17 bits per heavy atom. The molecule has 3 aromatic rings. The molecule has 2 aromatic carbocycles. The Bertz CT molecular complexity index is 910. The number of fused-ring (bicyclic) bond motifs is 1. The monoisotopic (exact) mass is 325 g/mol. The van der Waals surface area contributed by atoms with Crippen molar-refractivity contribution in [2.45, 2.75) is 6.54 Å². The molecular formula is C17H15N3O2S. The highest BCUT2D eigenvalue weighted by molar-refractivity contribution is 7.16. The van der Waals surface area contributed by atoms with Gasteiger partial charge in [-0.25, -0.2) is 0 Å². The van der Waals surface area contributed by atoms with Gasteiger partial charge in [0.2, 0.25) is 4.80 Å². The first-order valence-electron chi connectivity index (χ1n) is 7.05. The lowest BCUT2D eigenvalue weighted by molar-refractivity contribution is -0.141. The molecule has 0 saturated carbocycles. The summed E-state index contributed by atoms with van der Waals surface area (Å²) in [4.78, 5) is 12.3. The van der Waals surface area contributed by atoms with Gasteiger partial charge in [-0.05, 0) is 17.7 Å². The molecule has 0 aliphatic carbocycles. The summed E-state index contributed by atoms with van der Waals surface area (Å²) in [5.74, 6) is -0.318. The summed E-state index contributed by atoms with van der Waals surface area (Å²) in [6.07, 6.45) is 1.69. The predicted molar refractivity (Wildman–Crippen MR) is 91.4 cm³/mol. The molecule has 0 amide bonds. The van der Waals surface area contributed by atoms with Gasteiger partial charge in [-0.1, -0.05) is 53.8 Å². The summed E-state index contributed by atoms with van der Waals surface area (Å²) in [6.45, 7) is 0.111. The quantitative estimate of drug-likeness (QED) is 0.421. The molecule has 0 unspecified atom stereocenters. The number of benzene rings is 2. The second-order valence-corrected chi connectivity index (χ2v) is 5.78. The first-order valence-corrected chi connectivity index (χ1v) is 7.87. The maximum atomic E-state index is 11.7. The van der Waals surface area contributed by atoms with Crippen LogP contribution in [0.4, 0.5) is 0 Å². The first-order chi connectivity index (χ1) is 11.3. The van der Waals surface area contributed by atoms with E-state index < -0.39 is 0 Å². The van der Waals surface area contributed by atoms with Gasteiger partial charge in [-0.15, -0.1) is 5.10 Å². The van der Waals surface area contributed by atoms with Crippen LogP contribution >= 0.6 is 11.3 Å². The van der Waals surface area contributed by atoms with Crippen molar-refractivity contribution in [1.82, 2.24) is 4.57 Å². The molecule has 0 N–H and O–H groups in total. The number of methoxy groups -OCH3 is 1. The van der Waals surface area contributed by atoms with Crippen LogP contribution in [0.5, 0.6) is 0 Å². The molecule has 23 heavy (non-hydrogen) atoms. The molecule has 0 fully saturated rings. The van der Waals surface area contributed by atoms with Crippen molar-refractivity contribution in [3.63, 3.8) is 0 Å². The number of ether oxygens (including phenoxy) is 1. The SMILES string of the molecule is COC(=O)Cn1/c(=N\N=C\c2ccccc2)sc2ccccc21. The van der Waals surface area contributed by atoms with Crippen molar-refractivity contribution in [3.8, 4) is 0 Å². The number of aromatic nitrogens is 1. The van der Waals surface area contributed by atoms with Crippen LogP contribution < -0.4 is 4.80 Å². The predicted octanol–water partition coefficient (Wildman–Crippen LogP) is 2.81. The molecule has 3 rings (SSSR count). The Labute approximate surface area is 137 Å². The molecule has 1 heterocycles. The van der Waals surface area contributed by atoms with E-state index in [4.69, 9.17) is 4.74 Å². The number of para-hydroxylation sites is 1. The number of rotatable bonds is 4. The molecule has 0 saturated heterocycles. The Balaban J connectivity index is 2.02. The average Bonchev–Trinajstić information content (AvgIpc) is 2.93. The van der Waals surface area contributed by atoms with Crippen molar-refractivity contribution >= 4 is 33.7 Å². The number of hydrogen-bond acceptors (Lipinski definition) is 5. The molecule has 0 spiro atoms. The molecule has 6 heteroatoms. The molecule has 0 aliphatic heterocycles. The molecule has 0 bridgehead atoms. The van der Waals surface area contributed by atoms with Crippen LogP contribution in [0.3, 0.4) is 0 Å². The van der Waals surface area contributed by atoms with Crippen molar-refractivity contribution < 1.29 is 9.53 Å². The minimum Gasteiger partial charge on any atom is -0.468 e. The molecule has 116 valence electrons. The lowest BCUT2D eigenvalue weighted by Gasteiger charge is -2.02. The standard InChI is InChI=1S/C17H15N3O2S/c1-22-16(21)12-20-14-9-5-6-10-15(14)23-17(20)19-18-11-13-7-3-2-4-8-13/h2-11H,12H2,1H3/b18-11+,19-17+. The van der Waals surface area contributed by atoms with Gasteiger partial charge in [0.15, 0.2) is 0 Å². The Morgan fingerprint density at radius 2 is 1.91 bits per heavy atom. The highest BCUT2D eigenvalue weighted by Gasteiger charge is 2.09. The van der Waals surface area contributed by atoms with Gasteiger partial charge in [0.05, 0.1) is 23.5 Å². The van der Waals surface area contributed by atoms with Gasteiger partial charge in [-0.3, -0.25) is 4.79 Å². The normalized spacial score (nSPS) is 12.1. The van der Waals surface area contributed by atoms with Crippen molar-refractivity contribution in [2.75, 3.05) is 7.11 Å². The molecule has 0 aliphatic rings. The van der Waals surface area contributed by atoms with Crippen LogP contribution in [0.25, 0.3) is 10.2 Å².